The summed E-state index contributed by atoms with van der Waals surface area (Å²) in [6.07, 6.45) is 6.12. The van der Waals surface area contributed by atoms with E-state index in [-0.39, 0.29) is 6.10 Å². The number of ether oxygens (including phenoxy) is 1. The van der Waals surface area contributed by atoms with E-state index in [9.17, 15) is 0 Å². The standard InChI is InChI=1S/C6H9O/c1-6-4-2-3-5-7-6/h3,5-6H,1-2,4H2. The van der Waals surface area contributed by atoms with E-state index in [4.69, 9.17) is 4.74 Å². The van der Waals surface area contributed by atoms with E-state index in [0.29, 0.717) is 0 Å². The van der Waals surface area contributed by atoms with Crippen LogP contribution in [0.1, 0.15) is 12.8 Å². The lowest BCUT2D eigenvalue weighted by Gasteiger charge is -2.12. The SMILES string of the molecule is [CH2]C1CCC=CO1. The first-order valence-electron chi connectivity index (χ1n) is 2.53. The van der Waals surface area contributed by atoms with Crippen molar-refractivity contribution >= 4 is 0 Å². The van der Waals surface area contributed by atoms with Gasteiger partial charge in [-0.25, -0.2) is 0 Å². The number of hydrogen-bond acceptors (Lipinski definition) is 1. The fourth-order valence-electron chi connectivity index (χ4n) is 0.585. The summed E-state index contributed by atoms with van der Waals surface area (Å²) in [6, 6.07) is 0. The number of allylic oxidation sites excluding steroid dienone is 1. The smallest absolute Gasteiger partial charge is 0.0982 e. The van der Waals surface area contributed by atoms with Crippen molar-refractivity contribution in [2.75, 3.05) is 0 Å². The molecule has 1 radical (unpaired) electrons. The second-order valence-corrected chi connectivity index (χ2v) is 1.71. The zero-order valence-electron chi connectivity index (χ0n) is 4.26. The topological polar surface area (TPSA) is 9.23 Å². The highest BCUT2D eigenvalue weighted by molar-refractivity contribution is 4.82. The number of hydrogen-bond donors (Lipinski definition) is 0. The van der Waals surface area contributed by atoms with Gasteiger partial charge in [-0.05, 0) is 25.8 Å². The summed E-state index contributed by atoms with van der Waals surface area (Å²) in [5.41, 5.74) is 0. The van der Waals surface area contributed by atoms with Crippen LogP contribution in [0.5, 0.6) is 0 Å². The molecular formula is C6H9O. The van der Waals surface area contributed by atoms with Gasteiger partial charge in [-0.2, -0.15) is 0 Å². The molecule has 0 fully saturated rings. The summed E-state index contributed by atoms with van der Waals surface area (Å²) in [5.74, 6) is 0. The quantitative estimate of drug-likeness (QED) is 0.445. The van der Waals surface area contributed by atoms with Crippen molar-refractivity contribution in [3.63, 3.8) is 0 Å². The van der Waals surface area contributed by atoms with Crippen LogP contribution in [0.4, 0.5) is 0 Å². The summed E-state index contributed by atoms with van der Waals surface area (Å²) >= 11 is 0. The molecule has 1 nitrogen and oxygen atoms in total. The van der Waals surface area contributed by atoms with Crippen LogP contribution in [0.2, 0.25) is 0 Å². The molecule has 1 aliphatic rings. The normalized spacial score (nSPS) is 29.6. The minimum Gasteiger partial charge on any atom is -0.498 e. The van der Waals surface area contributed by atoms with E-state index in [1.165, 1.54) is 0 Å². The molecule has 0 spiro atoms. The Hall–Kier alpha value is -0.460. The molecule has 1 heteroatoms. The highest BCUT2D eigenvalue weighted by atomic mass is 16.5. The first-order valence-corrected chi connectivity index (χ1v) is 2.53. The van der Waals surface area contributed by atoms with Gasteiger partial charge in [0, 0.05) is 0 Å². The molecule has 0 aromatic heterocycles. The molecule has 0 saturated heterocycles. The van der Waals surface area contributed by atoms with Gasteiger partial charge in [0.1, 0.15) is 0 Å². The molecule has 7 heavy (non-hydrogen) atoms. The Bertz CT molecular complexity index is 76.2. The van der Waals surface area contributed by atoms with E-state index < -0.39 is 0 Å². The van der Waals surface area contributed by atoms with Crippen LogP contribution in [0.15, 0.2) is 12.3 Å². The summed E-state index contributed by atoms with van der Waals surface area (Å²) in [6.45, 7) is 3.72. The lowest BCUT2D eigenvalue weighted by Crippen LogP contribution is -2.06. The van der Waals surface area contributed by atoms with Gasteiger partial charge in [0.15, 0.2) is 0 Å². The van der Waals surface area contributed by atoms with Crippen molar-refractivity contribution in [2.45, 2.75) is 18.9 Å². The van der Waals surface area contributed by atoms with Crippen LogP contribution >= 0.6 is 0 Å². The van der Waals surface area contributed by atoms with Crippen LogP contribution in [-0.4, -0.2) is 6.10 Å². The maximum absolute atomic E-state index is 4.99. The monoisotopic (exact) mass is 97.1 g/mol. The molecule has 0 aliphatic carbocycles. The first kappa shape index (κ1) is 4.69. The van der Waals surface area contributed by atoms with Crippen molar-refractivity contribution in [1.29, 1.82) is 0 Å². The summed E-state index contributed by atoms with van der Waals surface area (Å²) in [4.78, 5) is 0. The minimum atomic E-state index is 0.199. The predicted molar refractivity (Wildman–Crippen MR) is 28.6 cm³/mol. The molecule has 1 atom stereocenters. The Morgan fingerprint density at radius 3 is 2.86 bits per heavy atom. The van der Waals surface area contributed by atoms with Crippen LogP contribution in [-0.2, 0) is 4.74 Å². The zero-order chi connectivity index (χ0) is 5.11. The third-order valence-electron chi connectivity index (χ3n) is 1.02. The van der Waals surface area contributed by atoms with Crippen LogP contribution in [0.3, 0.4) is 0 Å². The predicted octanol–water partition coefficient (Wildman–Crippen LogP) is 1.51. The molecule has 0 N–H and O–H groups in total. The average Bonchev–Trinajstić information content (AvgIpc) is 1.69. The van der Waals surface area contributed by atoms with Crippen LogP contribution in [0, 0.1) is 6.92 Å². The lowest BCUT2D eigenvalue weighted by atomic mass is 10.2. The maximum atomic E-state index is 4.99. The zero-order valence-corrected chi connectivity index (χ0v) is 4.26. The maximum Gasteiger partial charge on any atom is 0.0982 e. The fourth-order valence-corrected chi connectivity index (χ4v) is 0.585. The Morgan fingerprint density at radius 2 is 2.57 bits per heavy atom. The molecule has 0 aromatic carbocycles. The van der Waals surface area contributed by atoms with Gasteiger partial charge in [-0.3, -0.25) is 0 Å². The van der Waals surface area contributed by atoms with Crippen molar-refractivity contribution in [3.8, 4) is 0 Å². The Labute approximate surface area is 44.0 Å². The molecule has 0 saturated carbocycles. The van der Waals surface area contributed by atoms with Crippen LogP contribution < -0.4 is 0 Å². The van der Waals surface area contributed by atoms with Gasteiger partial charge in [0.25, 0.3) is 0 Å². The number of rotatable bonds is 0. The third kappa shape index (κ3) is 1.22. The van der Waals surface area contributed by atoms with Crippen molar-refractivity contribution < 1.29 is 4.74 Å². The van der Waals surface area contributed by atoms with Gasteiger partial charge in [0.2, 0.25) is 0 Å². The molecule has 0 amide bonds. The van der Waals surface area contributed by atoms with E-state index in [2.05, 4.69) is 6.92 Å². The van der Waals surface area contributed by atoms with E-state index in [1.807, 2.05) is 6.08 Å². The fraction of sp³-hybridized carbons (Fsp3) is 0.500. The van der Waals surface area contributed by atoms with Crippen molar-refractivity contribution in [1.82, 2.24) is 0 Å². The molecule has 1 heterocycles. The Kier molecular flexibility index (Phi) is 1.35. The minimum absolute atomic E-state index is 0.199. The van der Waals surface area contributed by atoms with Crippen molar-refractivity contribution in [3.05, 3.63) is 19.3 Å². The van der Waals surface area contributed by atoms with Crippen LogP contribution in [0.25, 0.3) is 0 Å². The molecular weight excluding hydrogens is 88.1 g/mol. The first-order chi connectivity index (χ1) is 3.39. The summed E-state index contributed by atoms with van der Waals surface area (Å²) in [5, 5.41) is 0. The van der Waals surface area contributed by atoms with E-state index >= 15 is 0 Å². The van der Waals surface area contributed by atoms with E-state index in [0.717, 1.165) is 12.8 Å². The summed E-state index contributed by atoms with van der Waals surface area (Å²) in [7, 11) is 0. The Morgan fingerprint density at radius 1 is 1.71 bits per heavy atom. The van der Waals surface area contributed by atoms with Gasteiger partial charge >= 0.3 is 0 Å². The second-order valence-electron chi connectivity index (χ2n) is 1.71. The van der Waals surface area contributed by atoms with Crippen molar-refractivity contribution in [2.24, 2.45) is 0 Å². The highest BCUT2D eigenvalue weighted by Crippen LogP contribution is 2.07. The molecule has 39 valence electrons. The van der Waals surface area contributed by atoms with Gasteiger partial charge in [-0.15, -0.1) is 0 Å². The largest absolute Gasteiger partial charge is 0.498 e. The average molecular weight is 97.1 g/mol. The Balaban J connectivity index is 2.32. The molecule has 0 bridgehead atoms. The second kappa shape index (κ2) is 2.01. The molecule has 0 aromatic rings. The molecule has 1 rings (SSSR count). The molecule has 1 aliphatic heterocycles. The molecule has 1 unspecified atom stereocenters. The van der Waals surface area contributed by atoms with Gasteiger partial charge < -0.3 is 4.74 Å². The lowest BCUT2D eigenvalue weighted by molar-refractivity contribution is 0.163. The highest BCUT2D eigenvalue weighted by Gasteiger charge is 2.00. The van der Waals surface area contributed by atoms with Gasteiger partial charge in [-0.1, -0.05) is 0 Å². The van der Waals surface area contributed by atoms with E-state index in [1.54, 1.807) is 6.26 Å². The third-order valence-corrected chi connectivity index (χ3v) is 1.02. The summed E-state index contributed by atoms with van der Waals surface area (Å²) < 4.78 is 4.99. The van der Waals surface area contributed by atoms with Gasteiger partial charge in [0.05, 0.1) is 12.4 Å².